The summed E-state index contributed by atoms with van der Waals surface area (Å²) < 4.78 is 2.18. The lowest BCUT2D eigenvalue weighted by atomic mass is 9.98. The van der Waals surface area contributed by atoms with Gasteiger partial charge in [-0.25, -0.2) is 0 Å². The van der Waals surface area contributed by atoms with E-state index in [1.807, 2.05) is 17.9 Å². The fourth-order valence-electron chi connectivity index (χ4n) is 4.79. The van der Waals surface area contributed by atoms with Crippen molar-refractivity contribution >= 4 is 5.91 Å². The number of aryl methyl sites for hydroxylation is 2. The average molecular weight is 337 g/mol. The summed E-state index contributed by atoms with van der Waals surface area (Å²) in [5.74, 6) is 1.25. The lowest BCUT2D eigenvalue weighted by molar-refractivity contribution is 0.0779. The van der Waals surface area contributed by atoms with Crippen LogP contribution in [0.1, 0.15) is 40.2 Å². The second-order valence-electron chi connectivity index (χ2n) is 7.83. The van der Waals surface area contributed by atoms with Crippen LogP contribution in [-0.4, -0.2) is 34.5 Å². The van der Waals surface area contributed by atoms with E-state index in [9.17, 15) is 4.79 Å². The van der Waals surface area contributed by atoms with Gasteiger partial charge in [-0.2, -0.15) is 0 Å². The molecule has 1 saturated carbocycles. The van der Waals surface area contributed by atoms with Crippen LogP contribution in [0, 0.1) is 32.6 Å². The van der Waals surface area contributed by atoms with Gasteiger partial charge in [-0.15, -0.1) is 0 Å². The second kappa shape index (κ2) is 6.03. The summed E-state index contributed by atoms with van der Waals surface area (Å²) in [6, 6.07) is 10.7. The smallest absolute Gasteiger partial charge is 0.255 e. The quantitative estimate of drug-likeness (QED) is 0.915. The van der Waals surface area contributed by atoms with Crippen LogP contribution in [0.15, 0.2) is 30.3 Å². The van der Waals surface area contributed by atoms with Crippen molar-refractivity contribution in [1.82, 2.24) is 9.47 Å². The van der Waals surface area contributed by atoms with Crippen LogP contribution in [0.25, 0.3) is 5.69 Å². The van der Waals surface area contributed by atoms with Crippen molar-refractivity contribution in [3.05, 3.63) is 52.8 Å². The van der Waals surface area contributed by atoms with Gasteiger partial charge in [-0.05, 0) is 69.2 Å². The summed E-state index contributed by atoms with van der Waals surface area (Å²) in [6.07, 6.45) is 2.27. The fraction of sp³-hybridized carbons (Fsp3) is 0.476. The lowest BCUT2D eigenvalue weighted by Gasteiger charge is -2.19. The van der Waals surface area contributed by atoms with Crippen molar-refractivity contribution < 1.29 is 4.79 Å². The third-order valence-electron chi connectivity index (χ3n) is 6.12. The minimum Gasteiger partial charge on any atom is -0.338 e. The molecule has 1 amide bonds. The Hall–Kier alpha value is -2.07. The SMILES string of the molecule is Cc1cccc(-n2c(C)cc(C(=O)N3CC4CCC(N)C4C3)c2C)c1. The largest absolute Gasteiger partial charge is 0.338 e. The van der Waals surface area contributed by atoms with Crippen LogP contribution in [0.3, 0.4) is 0 Å². The summed E-state index contributed by atoms with van der Waals surface area (Å²) in [6.45, 7) is 7.89. The first-order chi connectivity index (χ1) is 12.0. The van der Waals surface area contributed by atoms with Gasteiger partial charge in [0.25, 0.3) is 5.91 Å². The van der Waals surface area contributed by atoms with Gasteiger partial charge in [0.15, 0.2) is 0 Å². The van der Waals surface area contributed by atoms with Crippen LogP contribution in [-0.2, 0) is 0 Å². The molecular formula is C21H27N3O. The number of carbonyl (C=O) groups excluding carboxylic acids is 1. The molecule has 1 aromatic carbocycles. The Balaban J connectivity index is 1.64. The highest BCUT2D eigenvalue weighted by atomic mass is 16.2. The van der Waals surface area contributed by atoms with Crippen molar-refractivity contribution in [2.24, 2.45) is 17.6 Å². The van der Waals surface area contributed by atoms with Crippen LogP contribution >= 0.6 is 0 Å². The summed E-state index contributed by atoms with van der Waals surface area (Å²) in [5.41, 5.74) is 11.5. The Morgan fingerprint density at radius 3 is 2.64 bits per heavy atom. The zero-order valence-corrected chi connectivity index (χ0v) is 15.3. The number of fused-ring (bicyclic) bond motifs is 1. The molecule has 0 spiro atoms. The number of nitrogens with zero attached hydrogens (tertiary/aromatic N) is 2. The van der Waals surface area contributed by atoms with Crippen molar-refractivity contribution in [3.8, 4) is 5.69 Å². The minimum absolute atomic E-state index is 0.161. The highest BCUT2D eigenvalue weighted by molar-refractivity contribution is 5.96. The van der Waals surface area contributed by atoms with Gasteiger partial charge in [0.2, 0.25) is 0 Å². The first-order valence-corrected chi connectivity index (χ1v) is 9.26. The second-order valence-corrected chi connectivity index (χ2v) is 7.83. The molecule has 1 aliphatic carbocycles. The van der Waals surface area contributed by atoms with Gasteiger partial charge in [0.1, 0.15) is 0 Å². The molecule has 2 fully saturated rings. The van der Waals surface area contributed by atoms with Gasteiger partial charge < -0.3 is 15.2 Å². The van der Waals surface area contributed by atoms with Crippen LogP contribution < -0.4 is 5.73 Å². The molecule has 3 unspecified atom stereocenters. The Labute approximate surface area is 149 Å². The Morgan fingerprint density at radius 2 is 1.92 bits per heavy atom. The standard InChI is InChI=1S/C21H27N3O/c1-13-5-4-6-17(9-13)24-14(2)10-18(15(24)3)21(25)23-11-16-7-8-20(22)19(16)12-23/h4-6,9-10,16,19-20H,7-8,11-12,22H2,1-3H3. The molecule has 4 heteroatoms. The molecule has 1 saturated heterocycles. The fourth-order valence-corrected chi connectivity index (χ4v) is 4.79. The van der Waals surface area contributed by atoms with Crippen LogP contribution in [0.5, 0.6) is 0 Å². The Bertz CT molecular complexity index is 823. The third-order valence-corrected chi connectivity index (χ3v) is 6.12. The molecule has 2 N–H and O–H groups in total. The Morgan fingerprint density at radius 1 is 1.12 bits per heavy atom. The van der Waals surface area contributed by atoms with Crippen molar-refractivity contribution in [2.75, 3.05) is 13.1 Å². The van der Waals surface area contributed by atoms with E-state index in [4.69, 9.17) is 5.73 Å². The molecule has 132 valence electrons. The van der Waals surface area contributed by atoms with Crippen LogP contribution in [0.2, 0.25) is 0 Å². The molecule has 2 heterocycles. The van der Waals surface area contributed by atoms with E-state index in [1.54, 1.807) is 0 Å². The predicted octanol–water partition coefficient (Wildman–Crippen LogP) is 3.21. The maximum atomic E-state index is 13.1. The number of amides is 1. The molecule has 3 atom stereocenters. The van der Waals surface area contributed by atoms with Gasteiger partial charge in [-0.1, -0.05) is 12.1 Å². The van der Waals surface area contributed by atoms with E-state index in [0.717, 1.165) is 48.6 Å². The molecule has 0 bridgehead atoms. The number of hydrogen-bond acceptors (Lipinski definition) is 2. The normalized spacial score (nSPS) is 25.4. The molecule has 1 aliphatic heterocycles. The highest BCUT2D eigenvalue weighted by Gasteiger charge is 2.43. The van der Waals surface area contributed by atoms with Crippen molar-refractivity contribution in [3.63, 3.8) is 0 Å². The molecule has 4 rings (SSSR count). The van der Waals surface area contributed by atoms with Gasteiger partial charge in [0.05, 0.1) is 5.56 Å². The Kier molecular flexibility index (Phi) is 3.95. The number of hydrogen-bond donors (Lipinski definition) is 1. The third kappa shape index (κ3) is 2.69. The zero-order chi connectivity index (χ0) is 17.7. The number of nitrogens with two attached hydrogens (primary N) is 1. The molecule has 4 nitrogen and oxygen atoms in total. The van der Waals surface area contributed by atoms with E-state index >= 15 is 0 Å². The van der Waals surface area contributed by atoms with E-state index < -0.39 is 0 Å². The maximum absolute atomic E-state index is 13.1. The number of carbonyl (C=O) groups is 1. The first kappa shape index (κ1) is 16.4. The summed E-state index contributed by atoms with van der Waals surface area (Å²) in [7, 11) is 0. The molecule has 0 radical (unpaired) electrons. The first-order valence-electron chi connectivity index (χ1n) is 9.26. The molecule has 25 heavy (non-hydrogen) atoms. The van der Waals surface area contributed by atoms with E-state index in [1.165, 1.54) is 5.56 Å². The van der Waals surface area contributed by atoms with Crippen molar-refractivity contribution in [1.29, 1.82) is 0 Å². The minimum atomic E-state index is 0.161. The summed E-state index contributed by atoms with van der Waals surface area (Å²) in [4.78, 5) is 15.2. The monoisotopic (exact) mass is 337 g/mol. The van der Waals surface area contributed by atoms with Gasteiger partial charge in [-0.3, -0.25) is 4.79 Å². The summed E-state index contributed by atoms with van der Waals surface area (Å²) >= 11 is 0. The molecular weight excluding hydrogens is 310 g/mol. The number of benzene rings is 1. The highest BCUT2D eigenvalue weighted by Crippen LogP contribution is 2.38. The average Bonchev–Trinajstić information content (AvgIpc) is 3.22. The van der Waals surface area contributed by atoms with E-state index in [-0.39, 0.29) is 11.9 Å². The number of aromatic nitrogens is 1. The molecule has 2 aromatic rings. The van der Waals surface area contributed by atoms with Crippen LogP contribution in [0.4, 0.5) is 0 Å². The van der Waals surface area contributed by atoms with E-state index in [0.29, 0.717) is 11.8 Å². The maximum Gasteiger partial charge on any atom is 0.255 e. The predicted molar refractivity (Wildman–Crippen MR) is 100 cm³/mol. The zero-order valence-electron chi connectivity index (χ0n) is 15.3. The molecule has 2 aliphatic rings. The van der Waals surface area contributed by atoms with Gasteiger partial charge >= 0.3 is 0 Å². The molecule has 1 aromatic heterocycles. The van der Waals surface area contributed by atoms with E-state index in [2.05, 4.69) is 42.7 Å². The van der Waals surface area contributed by atoms with Crippen molar-refractivity contribution in [2.45, 2.75) is 39.7 Å². The lowest BCUT2D eigenvalue weighted by Crippen LogP contribution is -2.33. The number of likely N-dealkylation sites (tertiary alicyclic amines) is 1. The summed E-state index contributed by atoms with van der Waals surface area (Å²) in [5, 5.41) is 0. The topological polar surface area (TPSA) is 51.3 Å². The number of rotatable bonds is 2. The van der Waals surface area contributed by atoms with Gasteiger partial charge in [0, 0.05) is 36.2 Å².